The topological polar surface area (TPSA) is 75.7 Å². The number of likely N-dealkylation sites (tertiary alicyclic amines) is 1. The van der Waals surface area contributed by atoms with Crippen molar-refractivity contribution in [1.82, 2.24) is 10.2 Å². The third-order valence-corrected chi connectivity index (χ3v) is 5.61. The number of carbonyl (C=O) groups is 3. The van der Waals surface area contributed by atoms with Crippen LogP contribution < -0.4 is 5.32 Å². The number of benzene rings is 1. The van der Waals surface area contributed by atoms with Gasteiger partial charge in [-0.1, -0.05) is 30.3 Å². The van der Waals surface area contributed by atoms with Gasteiger partial charge in [-0.3, -0.25) is 9.59 Å². The van der Waals surface area contributed by atoms with Crippen LogP contribution in [0.2, 0.25) is 0 Å². The van der Waals surface area contributed by atoms with Crippen molar-refractivity contribution in [3.8, 4) is 0 Å². The lowest BCUT2D eigenvalue weighted by atomic mass is 10.1. The lowest BCUT2D eigenvalue weighted by molar-refractivity contribution is -0.151. The summed E-state index contributed by atoms with van der Waals surface area (Å²) in [7, 11) is 1.34. The molecule has 154 valence electrons. The average Bonchev–Trinajstić information content (AvgIpc) is 3.20. The maximum absolute atomic E-state index is 13.0. The Balaban J connectivity index is 1.91. The van der Waals surface area contributed by atoms with Crippen LogP contribution in [0.4, 0.5) is 0 Å². The number of thioether (sulfide) groups is 1. The Morgan fingerprint density at radius 1 is 1.29 bits per heavy atom. The zero-order valence-corrected chi connectivity index (χ0v) is 17.5. The summed E-state index contributed by atoms with van der Waals surface area (Å²) in [5, 5.41) is 2.90. The Hall–Kier alpha value is -2.02. The molecule has 0 aromatic heterocycles. The molecule has 0 aliphatic carbocycles. The van der Waals surface area contributed by atoms with E-state index in [0.717, 1.165) is 25.0 Å². The second kappa shape index (κ2) is 11.7. The molecule has 0 radical (unpaired) electrons. The third-order valence-electron chi connectivity index (χ3n) is 4.97. The number of hydrogen-bond donors (Lipinski definition) is 1. The molecule has 1 fully saturated rings. The minimum Gasteiger partial charge on any atom is -0.467 e. The zero-order chi connectivity index (χ0) is 20.4. The molecule has 1 aliphatic heterocycles. The number of nitrogens with zero attached hydrogens (tertiary/aromatic N) is 1. The summed E-state index contributed by atoms with van der Waals surface area (Å²) >= 11 is 1.63. The Morgan fingerprint density at radius 2 is 2.04 bits per heavy atom. The molecule has 0 spiro atoms. The summed E-state index contributed by atoms with van der Waals surface area (Å²) in [6.45, 7) is 0.526. The number of methoxy groups -OCH3 is 1. The van der Waals surface area contributed by atoms with Crippen molar-refractivity contribution in [2.75, 3.05) is 25.7 Å². The summed E-state index contributed by atoms with van der Waals surface area (Å²) in [4.78, 5) is 39.0. The van der Waals surface area contributed by atoms with Gasteiger partial charge in [0.2, 0.25) is 11.8 Å². The molecule has 0 unspecified atom stereocenters. The van der Waals surface area contributed by atoms with Gasteiger partial charge in [-0.2, -0.15) is 11.8 Å². The first-order chi connectivity index (χ1) is 13.6. The number of esters is 1. The van der Waals surface area contributed by atoms with E-state index in [4.69, 9.17) is 4.74 Å². The van der Waals surface area contributed by atoms with Gasteiger partial charge in [0.1, 0.15) is 12.1 Å². The van der Waals surface area contributed by atoms with Crippen LogP contribution in [-0.4, -0.2) is 60.4 Å². The second-order valence-electron chi connectivity index (χ2n) is 6.95. The van der Waals surface area contributed by atoms with E-state index in [1.54, 1.807) is 16.7 Å². The minimum absolute atomic E-state index is 0.121. The highest BCUT2D eigenvalue weighted by Gasteiger charge is 2.37. The highest BCUT2D eigenvalue weighted by molar-refractivity contribution is 7.98. The molecule has 0 saturated carbocycles. The predicted molar refractivity (Wildman–Crippen MR) is 111 cm³/mol. The third kappa shape index (κ3) is 6.55. The molecular weight excluding hydrogens is 376 g/mol. The van der Waals surface area contributed by atoms with Crippen LogP contribution in [0.15, 0.2) is 30.3 Å². The van der Waals surface area contributed by atoms with Crippen molar-refractivity contribution in [2.24, 2.45) is 0 Å². The number of hydrogen-bond acceptors (Lipinski definition) is 5. The first-order valence-electron chi connectivity index (χ1n) is 9.77. The second-order valence-corrected chi connectivity index (χ2v) is 7.94. The smallest absolute Gasteiger partial charge is 0.328 e. The molecule has 2 rings (SSSR count). The van der Waals surface area contributed by atoms with Gasteiger partial charge in [-0.05, 0) is 49.7 Å². The first-order valence-corrected chi connectivity index (χ1v) is 11.2. The number of aryl methyl sites for hydroxylation is 1. The standard InChI is InChI=1S/C21H30N2O4S/c1-27-21(26)18-11-7-14-23(18)20(25)17(13-15-28-2)22-19(24)12-6-10-16-8-4-3-5-9-16/h3-5,8-9,17-18H,6-7,10-15H2,1-2H3,(H,22,24)/t17-,18-/m0/s1. The molecule has 6 nitrogen and oxygen atoms in total. The number of rotatable bonds is 10. The summed E-state index contributed by atoms with van der Waals surface area (Å²) in [6.07, 6.45) is 5.83. The van der Waals surface area contributed by atoms with E-state index in [1.807, 2.05) is 36.6 Å². The maximum Gasteiger partial charge on any atom is 0.328 e. The highest BCUT2D eigenvalue weighted by atomic mass is 32.2. The Labute approximate surface area is 171 Å². The Morgan fingerprint density at radius 3 is 2.71 bits per heavy atom. The predicted octanol–water partition coefficient (Wildman–Crippen LogP) is 2.41. The van der Waals surface area contributed by atoms with Crippen LogP contribution in [0.3, 0.4) is 0 Å². The largest absolute Gasteiger partial charge is 0.467 e. The van der Waals surface area contributed by atoms with Crippen LogP contribution in [0.1, 0.15) is 37.7 Å². The van der Waals surface area contributed by atoms with Gasteiger partial charge in [-0.25, -0.2) is 4.79 Å². The molecule has 1 aliphatic rings. The average molecular weight is 407 g/mol. The highest BCUT2D eigenvalue weighted by Crippen LogP contribution is 2.20. The van der Waals surface area contributed by atoms with E-state index in [0.29, 0.717) is 25.8 Å². The summed E-state index contributed by atoms with van der Waals surface area (Å²) in [6, 6.07) is 8.90. The Bertz CT molecular complexity index is 653. The van der Waals surface area contributed by atoms with Crippen molar-refractivity contribution >= 4 is 29.5 Å². The van der Waals surface area contributed by atoms with E-state index in [9.17, 15) is 14.4 Å². The first kappa shape index (κ1) is 22.3. The van der Waals surface area contributed by atoms with Crippen molar-refractivity contribution < 1.29 is 19.1 Å². The minimum atomic E-state index is -0.595. The van der Waals surface area contributed by atoms with E-state index in [2.05, 4.69) is 5.32 Å². The molecule has 0 bridgehead atoms. The zero-order valence-electron chi connectivity index (χ0n) is 16.7. The number of nitrogens with one attached hydrogen (secondary N) is 1. The molecule has 1 N–H and O–H groups in total. The molecule has 1 saturated heterocycles. The molecule has 2 amide bonds. The fourth-order valence-electron chi connectivity index (χ4n) is 3.47. The van der Waals surface area contributed by atoms with Gasteiger partial charge in [0.15, 0.2) is 0 Å². The fraction of sp³-hybridized carbons (Fsp3) is 0.571. The molecular formula is C21H30N2O4S. The quantitative estimate of drug-likeness (QED) is 0.604. The summed E-state index contributed by atoms with van der Waals surface area (Å²) in [5.41, 5.74) is 1.20. The van der Waals surface area contributed by atoms with Crippen LogP contribution in [-0.2, 0) is 25.5 Å². The van der Waals surface area contributed by atoms with Crippen LogP contribution in [0.25, 0.3) is 0 Å². The SMILES string of the molecule is COC(=O)[C@@H]1CCCN1C(=O)[C@H](CCSC)NC(=O)CCCc1ccccc1. The van der Waals surface area contributed by atoms with Crippen molar-refractivity contribution in [2.45, 2.75) is 50.6 Å². The van der Waals surface area contributed by atoms with E-state index < -0.39 is 12.1 Å². The van der Waals surface area contributed by atoms with Crippen molar-refractivity contribution in [3.05, 3.63) is 35.9 Å². The van der Waals surface area contributed by atoms with Crippen molar-refractivity contribution in [3.63, 3.8) is 0 Å². The van der Waals surface area contributed by atoms with E-state index in [1.165, 1.54) is 12.7 Å². The summed E-state index contributed by atoms with van der Waals surface area (Å²) in [5.74, 6) is 0.0727. The van der Waals surface area contributed by atoms with Crippen LogP contribution in [0.5, 0.6) is 0 Å². The summed E-state index contributed by atoms with van der Waals surface area (Å²) < 4.78 is 4.83. The van der Waals surface area contributed by atoms with Crippen LogP contribution >= 0.6 is 11.8 Å². The molecule has 1 aromatic rings. The van der Waals surface area contributed by atoms with Gasteiger partial charge in [0, 0.05) is 13.0 Å². The number of carbonyl (C=O) groups excluding carboxylic acids is 3. The molecule has 7 heteroatoms. The molecule has 1 heterocycles. The molecule has 28 heavy (non-hydrogen) atoms. The van der Waals surface area contributed by atoms with E-state index in [-0.39, 0.29) is 17.8 Å². The van der Waals surface area contributed by atoms with Gasteiger partial charge >= 0.3 is 5.97 Å². The van der Waals surface area contributed by atoms with Crippen molar-refractivity contribution in [1.29, 1.82) is 0 Å². The maximum atomic E-state index is 13.0. The van der Waals surface area contributed by atoms with Gasteiger partial charge in [0.05, 0.1) is 7.11 Å². The monoisotopic (exact) mass is 406 g/mol. The van der Waals surface area contributed by atoms with Gasteiger partial charge in [-0.15, -0.1) is 0 Å². The van der Waals surface area contributed by atoms with Gasteiger partial charge in [0.25, 0.3) is 0 Å². The normalized spacial score (nSPS) is 17.2. The molecule has 1 aromatic carbocycles. The van der Waals surface area contributed by atoms with Crippen LogP contribution in [0, 0.1) is 0 Å². The number of ether oxygens (including phenoxy) is 1. The lowest BCUT2D eigenvalue weighted by Crippen LogP contribution is -2.52. The lowest BCUT2D eigenvalue weighted by Gasteiger charge is -2.28. The molecule has 2 atom stereocenters. The fourth-order valence-corrected chi connectivity index (χ4v) is 3.94. The Kier molecular flexibility index (Phi) is 9.34. The van der Waals surface area contributed by atoms with Gasteiger partial charge < -0.3 is 15.0 Å². The number of amides is 2. The van der Waals surface area contributed by atoms with E-state index >= 15 is 0 Å².